The monoisotopic (exact) mass is 285 g/mol. The summed E-state index contributed by atoms with van der Waals surface area (Å²) in [6.07, 6.45) is 15.4. The molecule has 1 atom stereocenters. The molecule has 1 nitrogen and oxygen atoms in total. The summed E-state index contributed by atoms with van der Waals surface area (Å²) in [5, 5.41) is 3.41. The van der Waals surface area contributed by atoms with Gasteiger partial charge in [0.2, 0.25) is 0 Å². The summed E-state index contributed by atoms with van der Waals surface area (Å²) in [7, 11) is 0. The van der Waals surface area contributed by atoms with E-state index in [0.717, 1.165) is 12.5 Å². The van der Waals surface area contributed by atoms with E-state index in [1.54, 1.807) is 0 Å². The summed E-state index contributed by atoms with van der Waals surface area (Å²) in [4.78, 5) is 0. The average Bonchev–Trinajstić information content (AvgIpc) is 2.48. The fraction of sp³-hybridized carbons (Fsp3) is 1.00. The van der Waals surface area contributed by atoms with Gasteiger partial charge in [-0.15, -0.1) is 0 Å². The Morgan fingerprint density at radius 1 is 0.650 bits per heavy atom. The van der Waals surface area contributed by atoms with Gasteiger partial charge in [-0.3, -0.25) is 0 Å². The number of hydrogen-bond donors (Lipinski definition) is 1. The molecule has 0 spiro atoms. The van der Waals surface area contributed by atoms with Gasteiger partial charge in [0.15, 0.2) is 0 Å². The van der Waals surface area contributed by atoms with E-state index < -0.39 is 0 Å². The van der Waals surface area contributed by atoms with Crippen LogP contribution in [-0.2, 0) is 0 Å². The van der Waals surface area contributed by atoms with Crippen molar-refractivity contribution in [3.05, 3.63) is 0 Å². The highest BCUT2D eigenvalue weighted by Gasteiger charge is 2.03. The summed E-state index contributed by atoms with van der Waals surface area (Å²) < 4.78 is 0. The Morgan fingerprint density at radius 3 is 1.55 bits per heavy atom. The molecule has 20 heavy (non-hydrogen) atoms. The molecular weight excluding hydrogens is 242 g/mol. The van der Waals surface area contributed by atoms with Gasteiger partial charge >= 0.3 is 0 Å². The van der Waals surface area contributed by atoms with E-state index in [-0.39, 0.29) is 0 Å². The van der Waals surface area contributed by atoms with Gasteiger partial charge < -0.3 is 5.32 Å². The minimum Gasteiger partial charge on any atom is -0.317 e. The van der Waals surface area contributed by atoms with E-state index in [1.807, 2.05) is 0 Å². The SMILES string of the molecule is CCCCC(CC)CNCC.CCCCCCCCC. The van der Waals surface area contributed by atoms with Crippen molar-refractivity contribution in [2.24, 2.45) is 5.92 Å². The summed E-state index contributed by atoms with van der Waals surface area (Å²) in [6.45, 7) is 13.6. The van der Waals surface area contributed by atoms with E-state index in [1.165, 1.54) is 77.2 Å². The standard InChI is InChI=1S/C10H23N.C9H20/c1-4-7-8-10(5-2)9-11-6-3;1-3-5-7-9-8-6-4-2/h10-11H,4-9H2,1-3H3;3-9H2,1-2H3. The molecule has 0 bridgehead atoms. The first kappa shape index (κ1) is 22.2. The predicted octanol–water partition coefficient (Wildman–Crippen LogP) is 6.57. The van der Waals surface area contributed by atoms with Crippen molar-refractivity contribution >= 4 is 0 Å². The highest BCUT2D eigenvalue weighted by molar-refractivity contribution is 4.59. The van der Waals surface area contributed by atoms with Crippen LogP contribution in [0.4, 0.5) is 0 Å². The lowest BCUT2D eigenvalue weighted by molar-refractivity contribution is 0.424. The first-order valence-electron chi connectivity index (χ1n) is 9.47. The van der Waals surface area contributed by atoms with E-state index in [9.17, 15) is 0 Å². The van der Waals surface area contributed by atoms with E-state index >= 15 is 0 Å². The molecule has 124 valence electrons. The third-order valence-electron chi connectivity index (χ3n) is 3.93. The zero-order valence-corrected chi connectivity index (χ0v) is 15.3. The molecule has 1 heteroatoms. The second kappa shape index (κ2) is 21.3. The van der Waals surface area contributed by atoms with Crippen LogP contribution in [0.1, 0.15) is 105 Å². The molecule has 0 aromatic rings. The van der Waals surface area contributed by atoms with Crippen LogP contribution >= 0.6 is 0 Å². The van der Waals surface area contributed by atoms with Gasteiger partial charge in [-0.25, -0.2) is 0 Å². The highest BCUT2D eigenvalue weighted by Crippen LogP contribution is 2.10. The van der Waals surface area contributed by atoms with Crippen LogP contribution in [0.15, 0.2) is 0 Å². The molecule has 0 aromatic carbocycles. The molecule has 1 unspecified atom stereocenters. The van der Waals surface area contributed by atoms with E-state index in [2.05, 4.69) is 39.9 Å². The lowest BCUT2D eigenvalue weighted by atomic mass is 9.99. The molecule has 0 amide bonds. The summed E-state index contributed by atoms with van der Waals surface area (Å²) in [5.74, 6) is 0.912. The van der Waals surface area contributed by atoms with Crippen LogP contribution in [0.2, 0.25) is 0 Å². The molecule has 0 radical (unpaired) electrons. The molecular formula is C19H43N. The lowest BCUT2D eigenvalue weighted by Gasteiger charge is -2.13. The van der Waals surface area contributed by atoms with Crippen molar-refractivity contribution in [2.45, 2.75) is 105 Å². The van der Waals surface area contributed by atoms with Crippen molar-refractivity contribution in [3.63, 3.8) is 0 Å². The van der Waals surface area contributed by atoms with Gasteiger partial charge in [0.05, 0.1) is 0 Å². The Morgan fingerprint density at radius 2 is 1.15 bits per heavy atom. The summed E-state index contributed by atoms with van der Waals surface area (Å²) in [6, 6.07) is 0. The normalized spacial score (nSPS) is 11.8. The second-order valence-corrected chi connectivity index (χ2v) is 5.99. The van der Waals surface area contributed by atoms with Crippen LogP contribution in [-0.4, -0.2) is 13.1 Å². The number of unbranched alkanes of at least 4 members (excludes halogenated alkanes) is 7. The van der Waals surface area contributed by atoms with Crippen LogP contribution < -0.4 is 5.32 Å². The quantitative estimate of drug-likeness (QED) is 0.377. The van der Waals surface area contributed by atoms with Crippen molar-refractivity contribution in [1.82, 2.24) is 5.32 Å². The number of rotatable bonds is 13. The Labute approximate surface area is 130 Å². The van der Waals surface area contributed by atoms with Crippen LogP contribution in [0, 0.1) is 5.92 Å². The Balaban J connectivity index is 0. The number of nitrogens with one attached hydrogen (secondary N) is 1. The largest absolute Gasteiger partial charge is 0.317 e. The molecule has 1 N–H and O–H groups in total. The molecule has 0 aliphatic carbocycles. The molecule has 0 aliphatic heterocycles. The molecule has 0 saturated heterocycles. The minimum absolute atomic E-state index is 0.912. The molecule has 0 rings (SSSR count). The molecule has 0 fully saturated rings. The first-order chi connectivity index (χ1) is 9.76. The Kier molecular flexibility index (Phi) is 23.6. The topological polar surface area (TPSA) is 12.0 Å². The zero-order valence-electron chi connectivity index (χ0n) is 15.3. The lowest BCUT2D eigenvalue weighted by Crippen LogP contribution is -2.21. The summed E-state index contributed by atoms with van der Waals surface area (Å²) in [5.41, 5.74) is 0. The van der Waals surface area contributed by atoms with Crippen LogP contribution in [0.5, 0.6) is 0 Å². The van der Waals surface area contributed by atoms with E-state index in [0.29, 0.717) is 0 Å². The second-order valence-electron chi connectivity index (χ2n) is 5.99. The molecule has 0 aromatic heterocycles. The van der Waals surface area contributed by atoms with Gasteiger partial charge in [-0.1, -0.05) is 98.8 Å². The fourth-order valence-electron chi connectivity index (χ4n) is 2.32. The number of hydrogen-bond acceptors (Lipinski definition) is 1. The fourth-order valence-corrected chi connectivity index (χ4v) is 2.32. The van der Waals surface area contributed by atoms with Crippen LogP contribution in [0.3, 0.4) is 0 Å². The van der Waals surface area contributed by atoms with Gasteiger partial charge in [-0.05, 0) is 25.4 Å². The highest BCUT2D eigenvalue weighted by atomic mass is 14.8. The first-order valence-corrected chi connectivity index (χ1v) is 9.47. The minimum atomic E-state index is 0.912. The Bertz CT molecular complexity index is 131. The third kappa shape index (κ3) is 20.3. The molecule has 0 saturated carbocycles. The molecule has 0 aliphatic rings. The summed E-state index contributed by atoms with van der Waals surface area (Å²) >= 11 is 0. The van der Waals surface area contributed by atoms with Crippen molar-refractivity contribution in [3.8, 4) is 0 Å². The van der Waals surface area contributed by atoms with E-state index in [4.69, 9.17) is 0 Å². The Hall–Kier alpha value is -0.0400. The average molecular weight is 286 g/mol. The third-order valence-corrected chi connectivity index (χ3v) is 3.93. The molecule has 0 heterocycles. The van der Waals surface area contributed by atoms with Gasteiger partial charge in [0, 0.05) is 0 Å². The van der Waals surface area contributed by atoms with Crippen molar-refractivity contribution in [1.29, 1.82) is 0 Å². The van der Waals surface area contributed by atoms with Crippen molar-refractivity contribution < 1.29 is 0 Å². The van der Waals surface area contributed by atoms with Gasteiger partial charge in [0.25, 0.3) is 0 Å². The zero-order chi connectivity index (χ0) is 15.5. The maximum atomic E-state index is 3.41. The van der Waals surface area contributed by atoms with Crippen molar-refractivity contribution in [2.75, 3.05) is 13.1 Å². The maximum Gasteiger partial charge on any atom is -0.00207 e. The van der Waals surface area contributed by atoms with Crippen LogP contribution in [0.25, 0.3) is 0 Å². The maximum absolute atomic E-state index is 3.41. The smallest absolute Gasteiger partial charge is 0.00207 e. The van der Waals surface area contributed by atoms with Gasteiger partial charge in [0.1, 0.15) is 0 Å². The van der Waals surface area contributed by atoms with Gasteiger partial charge in [-0.2, -0.15) is 0 Å². The predicted molar refractivity (Wildman–Crippen MR) is 95.5 cm³/mol.